The second-order valence-corrected chi connectivity index (χ2v) is 5.06. The topological polar surface area (TPSA) is 26.0 Å². The fourth-order valence-corrected chi connectivity index (χ4v) is 2.36. The van der Waals surface area contributed by atoms with E-state index < -0.39 is 0 Å². The largest absolute Gasteiger partial charge is 0.324 e. The number of nitrogens with two attached hydrogens (primary N) is 1. The quantitative estimate of drug-likeness (QED) is 0.797. The molecule has 2 rings (SSSR count). The summed E-state index contributed by atoms with van der Waals surface area (Å²) in [6.07, 6.45) is 7.76. The van der Waals surface area contributed by atoms with Crippen LogP contribution in [0.3, 0.4) is 0 Å². The predicted octanol–water partition coefficient (Wildman–Crippen LogP) is 3.83. The third-order valence-corrected chi connectivity index (χ3v) is 3.84. The Morgan fingerprint density at radius 1 is 1.25 bits per heavy atom. The zero-order valence-electron chi connectivity index (χ0n) is 10.3. The number of aryl methyl sites for hydroxylation is 1. The highest BCUT2D eigenvalue weighted by Crippen LogP contribution is 2.36. The van der Waals surface area contributed by atoms with Crippen molar-refractivity contribution in [3.63, 3.8) is 0 Å². The minimum Gasteiger partial charge on any atom is -0.324 e. The van der Waals surface area contributed by atoms with Crippen LogP contribution in [0.5, 0.6) is 0 Å². The molecule has 1 heteroatoms. The summed E-state index contributed by atoms with van der Waals surface area (Å²) in [6, 6.07) is 9.24. The first-order chi connectivity index (χ1) is 7.81. The van der Waals surface area contributed by atoms with Crippen molar-refractivity contribution >= 4 is 0 Å². The third-order valence-electron chi connectivity index (χ3n) is 3.84. The standard InChI is InChI=1S/C15H23N/c1-2-3-5-12-8-10-14(11-9-12)15(16)13-6-4-7-13/h8-11,13,15H,2-7,16H2,1H3. The molecule has 0 spiro atoms. The smallest absolute Gasteiger partial charge is 0.0323 e. The van der Waals surface area contributed by atoms with Crippen LogP contribution in [0.15, 0.2) is 24.3 Å². The molecule has 1 atom stereocenters. The van der Waals surface area contributed by atoms with Crippen molar-refractivity contribution in [1.82, 2.24) is 0 Å². The molecule has 0 heterocycles. The monoisotopic (exact) mass is 217 g/mol. The lowest BCUT2D eigenvalue weighted by Crippen LogP contribution is -2.26. The maximum absolute atomic E-state index is 6.25. The Labute approximate surface area is 99.0 Å². The molecule has 1 fully saturated rings. The average Bonchev–Trinajstić information content (AvgIpc) is 2.24. The second-order valence-electron chi connectivity index (χ2n) is 5.06. The lowest BCUT2D eigenvalue weighted by Gasteiger charge is -2.31. The highest BCUT2D eigenvalue weighted by atomic mass is 14.7. The first-order valence-corrected chi connectivity index (χ1v) is 6.65. The molecule has 0 radical (unpaired) electrons. The van der Waals surface area contributed by atoms with Gasteiger partial charge in [-0.15, -0.1) is 0 Å². The summed E-state index contributed by atoms with van der Waals surface area (Å²) < 4.78 is 0. The van der Waals surface area contributed by atoms with E-state index in [1.165, 1.54) is 49.7 Å². The molecule has 0 amide bonds. The number of hydrogen-bond donors (Lipinski definition) is 1. The Kier molecular flexibility index (Phi) is 4.00. The van der Waals surface area contributed by atoms with Gasteiger partial charge in [0.2, 0.25) is 0 Å². The normalized spacial score (nSPS) is 18.1. The molecule has 1 aliphatic rings. The van der Waals surface area contributed by atoms with Gasteiger partial charge in [-0.3, -0.25) is 0 Å². The van der Waals surface area contributed by atoms with Crippen molar-refractivity contribution in [2.45, 2.75) is 51.5 Å². The Bertz CT molecular complexity index is 311. The number of unbranched alkanes of at least 4 members (excludes halogenated alkanes) is 1. The highest BCUT2D eigenvalue weighted by molar-refractivity contribution is 5.25. The van der Waals surface area contributed by atoms with Gasteiger partial charge in [0.05, 0.1) is 0 Å². The summed E-state index contributed by atoms with van der Waals surface area (Å²) in [4.78, 5) is 0. The average molecular weight is 217 g/mol. The van der Waals surface area contributed by atoms with Crippen molar-refractivity contribution in [2.24, 2.45) is 11.7 Å². The number of hydrogen-bond acceptors (Lipinski definition) is 1. The van der Waals surface area contributed by atoms with Gasteiger partial charge < -0.3 is 5.73 Å². The maximum Gasteiger partial charge on any atom is 0.0323 e. The van der Waals surface area contributed by atoms with Crippen LogP contribution in [0, 0.1) is 5.92 Å². The van der Waals surface area contributed by atoms with E-state index in [2.05, 4.69) is 31.2 Å². The van der Waals surface area contributed by atoms with Gasteiger partial charge in [-0.1, -0.05) is 44.0 Å². The van der Waals surface area contributed by atoms with Crippen LogP contribution in [0.2, 0.25) is 0 Å². The molecule has 0 aliphatic heterocycles. The van der Waals surface area contributed by atoms with Gasteiger partial charge in [0, 0.05) is 6.04 Å². The highest BCUT2D eigenvalue weighted by Gasteiger charge is 2.25. The van der Waals surface area contributed by atoms with Crippen molar-refractivity contribution in [1.29, 1.82) is 0 Å². The number of benzene rings is 1. The summed E-state index contributed by atoms with van der Waals surface area (Å²) >= 11 is 0. The van der Waals surface area contributed by atoms with Gasteiger partial charge in [0.25, 0.3) is 0 Å². The summed E-state index contributed by atoms with van der Waals surface area (Å²) in [7, 11) is 0. The van der Waals surface area contributed by atoms with Crippen LogP contribution < -0.4 is 5.73 Å². The lowest BCUT2D eigenvalue weighted by molar-refractivity contribution is 0.264. The first-order valence-electron chi connectivity index (χ1n) is 6.65. The van der Waals surface area contributed by atoms with Crippen molar-refractivity contribution < 1.29 is 0 Å². The zero-order chi connectivity index (χ0) is 11.4. The fraction of sp³-hybridized carbons (Fsp3) is 0.600. The summed E-state index contributed by atoms with van der Waals surface area (Å²) in [5.74, 6) is 0.737. The maximum atomic E-state index is 6.25. The molecule has 1 nitrogen and oxygen atoms in total. The van der Waals surface area contributed by atoms with Crippen molar-refractivity contribution in [3.8, 4) is 0 Å². The van der Waals surface area contributed by atoms with Crippen LogP contribution >= 0.6 is 0 Å². The molecule has 1 saturated carbocycles. The Hall–Kier alpha value is -0.820. The minimum absolute atomic E-state index is 0.272. The van der Waals surface area contributed by atoms with Gasteiger partial charge in [-0.05, 0) is 42.7 Å². The van der Waals surface area contributed by atoms with Crippen LogP contribution in [0.4, 0.5) is 0 Å². The van der Waals surface area contributed by atoms with Gasteiger partial charge in [-0.2, -0.15) is 0 Å². The van der Waals surface area contributed by atoms with E-state index >= 15 is 0 Å². The van der Waals surface area contributed by atoms with E-state index in [-0.39, 0.29) is 6.04 Å². The second kappa shape index (κ2) is 5.49. The van der Waals surface area contributed by atoms with Gasteiger partial charge in [-0.25, -0.2) is 0 Å². The predicted molar refractivity (Wildman–Crippen MR) is 69.3 cm³/mol. The molecule has 88 valence electrons. The first kappa shape index (κ1) is 11.7. The Morgan fingerprint density at radius 2 is 1.94 bits per heavy atom. The molecule has 2 N–H and O–H groups in total. The third kappa shape index (κ3) is 2.65. The van der Waals surface area contributed by atoms with E-state index in [0.717, 1.165) is 5.92 Å². The van der Waals surface area contributed by atoms with E-state index in [1.54, 1.807) is 0 Å². The molecular weight excluding hydrogens is 194 g/mol. The minimum atomic E-state index is 0.272. The van der Waals surface area contributed by atoms with Crippen LogP contribution in [-0.2, 0) is 6.42 Å². The Morgan fingerprint density at radius 3 is 2.44 bits per heavy atom. The summed E-state index contributed by atoms with van der Waals surface area (Å²) in [5, 5.41) is 0. The summed E-state index contributed by atoms with van der Waals surface area (Å²) in [6.45, 7) is 2.24. The lowest BCUT2D eigenvalue weighted by atomic mass is 9.77. The Balaban J connectivity index is 1.95. The van der Waals surface area contributed by atoms with Gasteiger partial charge in [0.1, 0.15) is 0 Å². The van der Waals surface area contributed by atoms with E-state index in [0.29, 0.717) is 0 Å². The molecular formula is C15H23N. The zero-order valence-corrected chi connectivity index (χ0v) is 10.3. The molecule has 16 heavy (non-hydrogen) atoms. The van der Waals surface area contributed by atoms with Gasteiger partial charge in [0.15, 0.2) is 0 Å². The van der Waals surface area contributed by atoms with E-state index in [9.17, 15) is 0 Å². The van der Waals surface area contributed by atoms with Crippen LogP contribution in [0.1, 0.15) is 56.2 Å². The van der Waals surface area contributed by atoms with E-state index in [4.69, 9.17) is 5.73 Å². The molecule has 0 aromatic heterocycles. The SMILES string of the molecule is CCCCc1ccc(C(N)C2CCC2)cc1. The molecule has 0 bridgehead atoms. The van der Waals surface area contributed by atoms with Crippen molar-refractivity contribution in [3.05, 3.63) is 35.4 Å². The summed E-state index contributed by atoms with van der Waals surface area (Å²) in [5.41, 5.74) is 9.02. The fourth-order valence-electron chi connectivity index (χ4n) is 2.36. The molecule has 0 saturated heterocycles. The molecule has 1 aromatic carbocycles. The van der Waals surface area contributed by atoms with Gasteiger partial charge >= 0.3 is 0 Å². The van der Waals surface area contributed by atoms with Crippen LogP contribution in [0.25, 0.3) is 0 Å². The van der Waals surface area contributed by atoms with E-state index in [1.807, 2.05) is 0 Å². The number of rotatable bonds is 5. The van der Waals surface area contributed by atoms with Crippen LogP contribution in [-0.4, -0.2) is 0 Å². The molecule has 1 aliphatic carbocycles. The van der Waals surface area contributed by atoms with Crippen molar-refractivity contribution in [2.75, 3.05) is 0 Å². The molecule has 1 unspecified atom stereocenters. The molecule has 1 aromatic rings.